The second kappa shape index (κ2) is 3.72. The molecular weight excluding hydrogens is 236 g/mol. The summed E-state index contributed by atoms with van der Waals surface area (Å²) in [6.07, 6.45) is 0. The lowest BCUT2D eigenvalue weighted by molar-refractivity contribution is -0.116. The highest BCUT2D eigenvalue weighted by atomic mass is 16.2. The van der Waals surface area contributed by atoms with E-state index in [4.69, 9.17) is 0 Å². The quantitative estimate of drug-likeness (QED) is 0.682. The summed E-state index contributed by atoms with van der Waals surface area (Å²) in [4.78, 5) is 15.5. The fourth-order valence-corrected chi connectivity index (χ4v) is 2.77. The highest BCUT2D eigenvalue weighted by Gasteiger charge is 2.32. The van der Waals surface area contributed by atoms with Crippen LogP contribution in [-0.4, -0.2) is 10.9 Å². The molecule has 1 unspecified atom stereocenters. The molecule has 0 radical (unpaired) electrons. The number of aromatic nitrogens is 1. The van der Waals surface area contributed by atoms with Gasteiger partial charge < -0.3 is 10.3 Å². The molecule has 1 aliphatic rings. The zero-order chi connectivity index (χ0) is 12.8. The van der Waals surface area contributed by atoms with Crippen LogP contribution in [0.1, 0.15) is 17.2 Å². The van der Waals surface area contributed by atoms with Crippen molar-refractivity contribution in [1.29, 1.82) is 0 Å². The van der Waals surface area contributed by atoms with Crippen molar-refractivity contribution in [3.8, 4) is 0 Å². The van der Waals surface area contributed by atoms with E-state index in [1.165, 1.54) is 0 Å². The van der Waals surface area contributed by atoms with Gasteiger partial charge in [0.05, 0.1) is 0 Å². The molecule has 0 aliphatic carbocycles. The number of para-hydroxylation sites is 2. The van der Waals surface area contributed by atoms with E-state index in [1.54, 1.807) is 0 Å². The average molecular weight is 248 g/mol. The van der Waals surface area contributed by atoms with Crippen molar-refractivity contribution in [2.45, 2.75) is 5.92 Å². The number of hydrogen-bond donors (Lipinski definition) is 2. The van der Waals surface area contributed by atoms with Gasteiger partial charge in [-0.3, -0.25) is 4.79 Å². The van der Waals surface area contributed by atoms with Gasteiger partial charge in [0, 0.05) is 16.9 Å². The van der Waals surface area contributed by atoms with Crippen LogP contribution < -0.4 is 5.32 Å². The zero-order valence-corrected chi connectivity index (χ0v) is 10.2. The normalized spacial score (nSPS) is 17.5. The number of carbonyl (C=O) groups is 1. The average Bonchev–Trinajstić information content (AvgIpc) is 2.97. The van der Waals surface area contributed by atoms with Gasteiger partial charge in [0.25, 0.3) is 0 Å². The van der Waals surface area contributed by atoms with Gasteiger partial charge in [-0.25, -0.2) is 0 Å². The van der Waals surface area contributed by atoms with Crippen molar-refractivity contribution in [2.75, 3.05) is 5.32 Å². The first-order chi connectivity index (χ1) is 9.33. The molecule has 92 valence electrons. The fraction of sp³-hybridized carbons (Fsp3) is 0.0625. The molecule has 2 heterocycles. The maximum atomic E-state index is 12.2. The molecule has 1 aliphatic heterocycles. The van der Waals surface area contributed by atoms with Gasteiger partial charge in [0.15, 0.2) is 0 Å². The Morgan fingerprint density at radius 2 is 1.74 bits per heavy atom. The summed E-state index contributed by atoms with van der Waals surface area (Å²) < 4.78 is 0. The topological polar surface area (TPSA) is 44.9 Å². The Hall–Kier alpha value is -2.55. The fourth-order valence-electron chi connectivity index (χ4n) is 2.77. The van der Waals surface area contributed by atoms with Crippen LogP contribution in [0, 0.1) is 0 Å². The van der Waals surface area contributed by atoms with Gasteiger partial charge in [-0.05, 0) is 29.1 Å². The molecular formula is C16H12N2O. The SMILES string of the molecule is O=C1Nc2ccccc2C1c1cc2ccccc2[nH]1. The summed E-state index contributed by atoms with van der Waals surface area (Å²) in [5, 5.41) is 4.07. The number of anilines is 1. The minimum Gasteiger partial charge on any atom is -0.357 e. The largest absolute Gasteiger partial charge is 0.357 e. The van der Waals surface area contributed by atoms with Crippen LogP contribution in [0.4, 0.5) is 5.69 Å². The number of rotatable bonds is 1. The Morgan fingerprint density at radius 1 is 0.947 bits per heavy atom. The zero-order valence-electron chi connectivity index (χ0n) is 10.2. The van der Waals surface area contributed by atoms with E-state index in [0.29, 0.717) is 0 Å². The molecule has 1 aromatic heterocycles. The second-order valence-electron chi connectivity index (χ2n) is 4.82. The monoisotopic (exact) mass is 248 g/mol. The molecule has 4 rings (SSSR count). The molecule has 19 heavy (non-hydrogen) atoms. The van der Waals surface area contributed by atoms with Crippen LogP contribution in [-0.2, 0) is 4.79 Å². The minimum absolute atomic E-state index is 0.0350. The van der Waals surface area contributed by atoms with Crippen LogP contribution in [0.15, 0.2) is 54.6 Å². The van der Waals surface area contributed by atoms with E-state index < -0.39 is 0 Å². The van der Waals surface area contributed by atoms with Crippen LogP contribution >= 0.6 is 0 Å². The van der Waals surface area contributed by atoms with E-state index in [1.807, 2.05) is 48.5 Å². The van der Waals surface area contributed by atoms with Crippen LogP contribution in [0.2, 0.25) is 0 Å². The molecule has 0 saturated heterocycles. The van der Waals surface area contributed by atoms with Gasteiger partial charge in [-0.2, -0.15) is 0 Å². The molecule has 1 atom stereocenters. The Morgan fingerprint density at radius 3 is 2.63 bits per heavy atom. The predicted molar refractivity (Wildman–Crippen MR) is 75.2 cm³/mol. The maximum absolute atomic E-state index is 12.2. The van der Waals surface area contributed by atoms with Crippen molar-refractivity contribution in [3.05, 3.63) is 65.9 Å². The minimum atomic E-state index is -0.233. The van der Waals surface area contributed by atoms with Crippen molar-refractivity contribution in [1.82, 2.24) is 4.98 Å². The van der Waals surface area contributed by atoms with Crippen molar-refractivity contribution in [3.63, 3.8) is 0 Å². The van der Waals surface area contributed by atoms with Crippen molar-refractivity contribution >= 4 is 22.5 Å². The van der Waals surface area contributed by atoms with Gasteiger partial charge in [-0.1, -0.05) is 36.4 Å². The molecule has 0 saturated carbocycles. The second-order valence-corrected chi connectivity index (χ2v) is 4.82. The standard InChI is InChI=1S/C16H12N2O/c19-16-15(11-6-2-4-8-13(11)18-16)14-9-10-5-1-3-7-12(10)17-14/h1-9,15,17H,(H,18,19). The summed E-state index contributed by atoms with van der Waals surface area (Å²) >= 11 is 0. The molecule has 0 bridgehead atoms. The first-order valence-electron chi connectivity index (χ1n) is 6.30. The Kier molecular flexibility index (Phi) is 2.03. The highest BCUT2D eigenvalue weighted by Crippen LogP contribution is 2.37. The third-order valence-corrected chi connectivity index (χ3v) is 3.65. The van der Waals surface area contributed by atoms with E-state index >= 15 is 0 Å². The number of benzene rings is 2. The molecule has 0 fully saturated rings. The number of carbonyl (C=O) groups excluding carboxylic acids is 1. The molecule has 3 aromatic rings. The first kappa shape index (κ1) is 10.4. The maximum Gasteiger partial charge on any atom is 0.237 e. The number of aromatic amines is 1. The first-order valence-corrected chi connectivity index (χ1v) is 6.30. The highest BCUT2D eigenvalue weighted by molar-refractivity contribution is 6.05. The summed E-state index contributed by atoms with van der Waals surface area (Å²) in [6, 6.07) is 18.0. The third-order valence-electron chi connectivity index (χ3n) is 3.65. The van der Waals surface area contributed by atoms with E-state index in [9.17, 15) is 4.79 Å². The Labute approximate surface area is 110 Å². The lowest BCUT2D eigenvalue weighted by atomic mass is 9.97. The molecule has 3 nitrogen and oxygen atoms in total. The van der Waals surface area contributed by atoms with Gasteiger partial charge in [0.2, 0.25) is 5.91 Å². The number of H-pyrrole nitrogens is 1. The van der Waals surface area contributed by atoms with Gasteiger partial charge >= 0.3 is 0 Å². The van der Waals surface area contributed by atoms with Crippen LogP contribution in [0.5, 0.6) is 0 Å². The number of nitrogens with one attached hydrogen (secondary N) is 2. The van der Waals surface area contributed by atoms with Crippen LogP contribution in [0.25, 0.3) is 10.9 Å². The summed E-state index contributed by atoms with van der Waals surface area (Å²) in [6.45, 7) is 0. The smallest absolute Gasteiger partial charge is 0.237 e. The molecule has 2 aromatic carbocycles. The predicted octanol–water partition coefficient (Wildman–Crippen LogP) is 3.25. The van der Waals surface area contributed by atoms with E-state index in [-0.39, 0.29) is 11.8 Å². The Bertz CT molecular complexity index is 755. The summed E-state index contributed by atoms with van der Waals surface area (Å²) in [5.74, 6) is -0.198. The molecule has 2 N–H and O–H groups in total. The Balaban J connectivity index is 1.90. The molecule has 0 spiro atoms. The van der Waals surface area contributed by atoms with E-state index in [0.717, 1.165) is 27.8 Å². The molecule has 3 heteroatoms. The number of fused-ring (bicyclic) bond motifs is 2. The van der Waals surface area contributed by atoms with Crippen LogP contribution in [0.3, 0.4) is 0 Å². The van der Waals surface area contributed by atoms with Crippen molar-refractivity contribution < 1.29 is 4.79 Å². The third kappa shape index (κ3) is 1.48. The van der Waals surface area contributed by atoms with Crippen molar-refractivity contribution in [2.24, 2.45) is 0 Å². The number of amides is 1. The van der Waals surface area contributed by atoms with Gasteiger partial charge in [0.1, 0.15) is 5.92 Å². The van der Waals surface area contributed by atoms with Gasteiger partial charge in [-0.15, -0.1) is 0 Å². The summed E-state index contributed by atoms with van der Waals surface area (Å²) in [5.41, 5.74) is 3.97. The number of hydrogen-bond acceptors (Lipinski definition) is 1. The summed E-state index contributed by atoms with van der Waals surface area (Å²) in [7, 11) is 0. The van der Waals surface area contributed by atoms with E-state index in [2.05, 4.69) is 16.4 Å². The molecule has 1 amide bonds. The lowest BCUT2D eigenvalue weighted by Gasteiger charge is -2.05. The lowest BCUT2D eigenvalue weighted by Crippen LogP contribution is -2.13.